The van der Waals surface area contributed by atoms with E-state index in [1.165, 1.54) is 19.2 Å². The van der Waals surface area contributed by atoms with Gasteiger partial charge in [0, 0.05) is 17.7 Å². The van der Waals surface area contributed by atoms with Crippen LogP contribution >= 0.6 is 11.3 Å². The Morgan fingerprint density at radius 2 is 1.71 bits per heavy atom. The quantitative estimate of drug-likeness (QED) is 0.436. The number of thiazole rings is 1. The first-order valence-electron chi connectivity index (χ1n) is 9.57. The second kappa shape index (κ2) is 8.87. The predicted octanol–water partition coefficient (Wildman–Crippen LogP) is 4.77. The molecule has 0 saturated carbocycles. The highest BCUT2D eigenvalue weighted by atomic mass is 32.2. The largest absolute Gasteiger partial charge is 0.497 e. The molecule has 0 saturated heterocycles. The Labute approximate surface area is 184 Å². The summed E-state index contributed by atoms with van der Waals surface area (Å²) in [6.07, 6.45) is -0.131. The van der Waals surface area contributed by atoms with Crippen LogP contribution in [0.2, 0.25) is 0 Å². The van der Waals surface area contributed by atoms with Crippen LogP contribution in [0.1, 0.15) is 6.42 Å². The zero-order valence-electron chi connectivity index (χ0n) is 16.7. The smallest absolute Gasteiger partial charge is 0.225 e. The van der Waals surface area contributed by atoms with Crippen LogP contribution in [0.4, 0.5) is 5.69 Å². The molecular formula is C23H20N2O4S2. The second-order valence-electron chi connectivity index (χ2n) is 6.86. The van der Waals surface area contributed by atoms with E-state index >= 15 is 0 Å². The van der Waals surface area contributed by atoms with Gasteiger partial charge in [-0.25, -0.2) is 13.4 Å². The molecule has 0 aliphatic carbocycles. The number of aromatic nitrogens is 1. The Morgan fingerprint density at radius 3 is 2.39 bits per heavy atom. The highest BCUT2D eigenvalue weighted by Crippen LogP contribution is 2.30. The zero-order valence-corrected chi connectivity index (χ0v) is 18.4. The van der Waals surface area contributed by atoms with Gasteiger partial charge in [-0.2, -0.15) is 0 Å². The second-order valence-corrected chi connectivity index (χ2v) is 10.00. The van der Waals surface area contributed by atoms with Crippen molar-refractivity contribution >= 4 is 43.0 Å². The van der Waals surface area contributed by atoms with Crippen molar-refractivity contribution in [2.75, 3.05) is 18.2 Å². The fraction of sp³-hybridized carbons (Fsp3) is 0.130. The van der Waals surface area contributed by atoms with E-state index in [1.54, 1.807) is 35.6 Å². The van der Waals surface area contributed by atoms with E-state index in [9.17, 15) is 13.2 Å². The fourth-order valence-corrected chi connectivity index (χ4v) is 5.25. The lowest BCUT2D eigenvalue weighted by atomic mass is 10.2. The molecule has 0 atom stereocenters. The standard InChI is InChI=1S/C23H20N2O4S2/c1-29-18-10-12-19(13-11-18)31(27,28)15-14-22(26)24-17-8-6-16(7-9-17)23-25-20-4-2-3-5-21(20)30-23/h2-13H,14-15H2,1H3,(H,24,26). The summed E-state index contributed by atoms with van der Waals surface area (Å²) in [4.78, 5) is 17.1. The highest BCUT2D eigenvalue weighted by Gasteiger charge is 2.17. The van der Waals surface area contributed by atoms with Crippen LogP contribution in [-0.4, -0.2) is 32.2 Å². The molecule has 158 valence electrons. The molecule has 1 heterocycles. The molecule has 1 aromatic heterocycles. The van der Waals surface area contributed by atoms with Crippen molar-refractivity contribution < 1.29 is 17.9 Å². The number of anilines is 1. The maximum absolute atomic E-state index is 12.4. The van der Waals surface area contributed by atoms with Crippen molar-refractivity contribution in [3.05, 3.63) is 72.8 Å². The number of sulfone groups is 1. The number of hydrogen-bond donors (Lipinski definition) is 1. The first kappa shape index (κ1) is 21.0. The summed E-state index contributed by atoms with van der Waals surface area (Å²) in [7, 11) is -2.04. The summed E-state index contributed by atoms with van der Waals surface area (Å²) in [6.45, 7) is 0. The van der Waals surface area contributed by atoms with E-state index in [-0.39, 0.29) is 23.0 Å². The van der Waals surface area contributed by atoms with Gasteiger partial charge in [-0.3, -0.25) is 4.79 Å². The van der Waals surface area contributed by atoms with Gasteiger partial charge >= 0.3 is 0 Å². The number of nitrogens with one attached hydrogen (secondary N) is 1. The highest BCUT2D eigenvalue weighted by molar-refractivity contribution is 7.91. The minimum Gasteiger partial charge on any atom is -0.497 e. The molecule has 0 bridgehead atoms. The van der Waals surface area contributed by atoms with Gasteiger partial charge in [0.1, 0.15) is 10.8 Å². The number of methoxy groups -OCH3 is 1. The van der Waals surface area contributed by atoms with Crippen molar-refractivity contribution in [3.8, 4) is 16.3 Å². The molecule has 1 amide bonds. The monoisotopic (exact) mass is 452 g/mol. The number of fused-ring (bicyclic) bond motifs is 1. The molecular weight excluding hydrogens is 432 g/mol. The number of hydrogen-bond acceptors (Lipinski definition) is 6. The number of para-hydroxylation sites is 1. The number of carbonyl (C=O) groups excluding carboxylic acids is 1. The van der Waals surface area contributed by atoms with Crippen molar-refractivity contribution in [2.45, 2.75) is 11.3 Å². The van der Waals surface area contributed by atoms with E-state index in [1.807, 2.05) is 36.4 Å². The summed E-state index contributed by atoms with van der Waals surface area (Å²) in [6, 6.07) is 21.4. The van der Waals surface area contributed by atoms with Crippen LogP contribution < -0.4 is 10.1 Å². The minimum absolute atomic E-state index is 0.131. The molecule has 4 aromatic rings. The Balaban J connectivity index is 1.37. The number of benzene rings is 3. The van der Waals surface area contributed by atoms with Crippen LogP contribution in [0, 0.1) is 0 Å². The minimum atomic E-state index is -3.55. The molecule has 0 aliphatic rings. The van der Waals surface area contributed by atoms with Crippen LogP contribution in [-0.2, 0) is 14.6 Å². The van der Waals surface area contributed by atoms with E-state index in [4.69, 9.17) is 4.74 Å². The Bertz CT molecular complexity index is 1280. The number of nitrogens with zero attached hydrogens (tertiary/aromatic N) is 1. The van der Waals surface area contributed by atoms with Gasteiger partial charge in [0.15, 0.2) is 9.84 Å². The third-order valence-corrected chi connectivity index (χ3v) is 7.54. The summed E-state index contributed by atoms with van der Waals surface area (Å²) in [5, 5.41) is 3.66. The Morgan fingerprint density at radius 1 is 1.00 bits per heavy atom. The van der Waals surface area contributed by atoms with E-state index in [0.29, 0.717) is 11.4 Å². The van der Waals surface area contributed by atoms with Crippen LogP contribution in [0.15, 0.2) is 77.7 Å². The number of ether oxygens (including phenoxy) is 1. The van der Waals surface area contributed by atoms with Gasteiger partial charge in [0.2, 0.25) is 5.91 Å². The van der Waals surface area contributed by atoms with Gasteiger partial charge in [-0.15, -0.1) is 11.3 Å². The lowest BCUT2D eigenvalue weighted by Gasteiger charge is -2.07. The van der Waals surface area contributed by atoms with Crippen LogP contribution in [0.25, 0.3) is 20.8 Å². The lowest BCUT2D eigenvalue weighted by Crippen LogP contribution is -2.17. The SMILES string of the molecule is COc1ccc(S(=O)(=O)CCC(=O)Nc2ccc(-c3nc4ccccc4s3)cc2)cc1. The van der Waals surface area contributed by atoms with Crippen LogP contribution in [0.3, 0.4) is 0 Å². The van der Waals surface area contributed by atoms with Gasteiger partial charge in [-0.05, 0) is 60.7 Å². The molecule has 31 heavy (non-hydrogen) atoms. The third-order valence-electron chi connectivity index (χ3n) is 4.73. The number of rotatable bonds is 7. The maximum atomic E-state index is 12.4. The maximum Gasteiger partial charge on any atom is 0.225 e. The summed E-state index contributed by atoms with van der Waals surface area (Å²) in [5.41, 5.74) is 2.52. The molecule has 0 fully saturated rings. The average Bonchev–Trinajstić information content (AvgIpc) is 3.23. The predicted molar refractivity (Wildman–Crippen MR) is 123 cm³/mol. The van der Waals surface area contributed by atoms with E-state index in [2.05, 4.69) is 10.3 Å². The van der Waals surface area contributed by atoms with Gasteiger partial charge in [0.25, 0.3) is 0 Å². The molecule has 0 unspecified atom stereocenters. The van der Waals surface area contributed by atoms with Crippen molar-refractivity contribution in [3.63, 3.8) is 0 Å². The average molecular weight is 453 g/mol. The molecule has 3 aromatic carbocycles. The van der Waals surface area contributed by atoms with Crippen molar-refractivity contribution in [1.82, 2.24) is 4.98 Å². The molecule has 4 rings (SSSR count). The summed E-state index contributed by atoms with van der Waals surface area (Å²) < 4.78 is 31.0. The molecule has 8 heteroatoms. The van der Waals surface area contributed by atoms with E-state index < -0.39 is 9.84 Å². The number of carbonyl (C=O) groups is 1. The summed E-state index contributed by atoms with van der Waals surface area (Å²) in [5.74, 6) is -0.0506. The molecule has 6 nitrogen and oxygen atoms in total. The molecule has 0 spiro atoms. The van der Waals surface area contributed by atoms with Crippen LogP contribution in [0.5, 0.6) is 5.75 Å². The van der Waals surface area contributed by atoms with Gasteiger partial charge < -0.3 is 10.1 Å². The fourth-order valence-electron chi connectivity index (χ4n) is 3.04. The van der Waals surface area contributed by atoms with Gasteiger partial charge in [-0.1, -0.05) is 12.1 Å². The molecule has 1 N–H and O–H groups in total. The molecule has 0 aliphatic heterocycles. The van der Waals surface area contributed by atoms with Gasteiger partial charge in [0.05, 0.1) is 28.0 Å². The first-order chi connectivity index (χ1) is 14.9. The molecule has 0 radical (unpaired) electrons. The normalized spacial score (nSPS) is 11.4. The Kier molecular flexibility index (Phi) is 6.01. The number of amides is 1. The zero-order chi connectivity index (χ0) is 21.8. The lowest BCUT2D eigenvalue weighted by molar-refractivity contribution is -0.115. The summed E-state index contributed by atoms with van der Waals surface area (Å²) >= 11 is 1.61. The van der Waals surface area contributed by atoms with E-state index in [0.717, 1.165) is 20.8 Å². The Hall–Kier alpha value is -3.23. The van der Waals surface area contributed by atoms with Crippen molar-refractivity contribution in [1.29, 1.82) is 0 Å². The first-order valence-corrected chi connectivity index (χ1v) is 12.0. The third kappa shape index (κ3) is 4.92. The van der Waals surface area contributed by atoms with Crippen molar-refractivity contribution in [2.24, 2.45) is 0 Å². The topological polar surface area (TPSA) is 85.4 Å².